The zero-order valence-electron chi connectivity index (χ0n) is 12.3. The van der Waals surface area contributed by atoms with Gasteiger partial charge in [-0.25, -0.2) is 9.59 Å². The number of esters is 2. The Morgan fingerprint density at radius 2 is 2.14 bits per heavy atom. The first-order chi connectivity index (χ1) is 9.87. The van der Waals surface area contributed by atoms with Gasteiger partial charge in [0.25, 0.3) is 0 Å². The Balaban J connectivity index is 2.29. The Morgan fingerprint density at radius 3 is 2.71 bits per heavy atom. The number of alkyl carbamates (subject to hydrolysis) is 1. The van der Waals surface area contributed by atoms with Gasteiger partial charge in [-0.05, 0) is 33.2 Å². The standard InChI is InChI=1S/C13H22N2O6/c1-3-20-10(16)6-5-9(2)15-12(18)21-11(17)13(19)7-4-8-14-13/h9,14,19H,3-8H2,1-2H3,(H,15,18)/t9?,13-/m1/s1. The number of ether oxygens (including phenoxy) is 2. The lowest BCUT2D eigenvalue weighted by Gasteiger charge is -2.20. The van der Waals surface area contributed by atoms with Gasteiger partial charge in [-0.15, -0.1) is 0 Å². The van der Waals surface area contributed by atoms with Crippen molar-refractivity contribution < 1.29 is 29.0 Å². The number of hydrogen-bond acceptors (Lipinski definition) is 7. The molecular weight excluding hydrogens is 280 g/mol. The summed E-state index contributed by atoms with van der Waals surface area (Å²) in [5.41, 5.74) is -1.79. The molecule has 1 aliphatic rings. The average Bonchev–Trinajstić information content (AvgIpc) is 2.85. The minimum atomic E-state index is -1.79. The Morgan fingerprint density at radius 1 is 1.43 bits per heavy atom. The van der Waals surface area contributed by atoms with Crippen molar-refractivity contribution in [2.45, 2.75) is 51.3 Å². The second-order valence-electron chi connectivity index (χ2n) is 4.96. The van der Waals surface area contributed by atoms with E-state index in [9.17, 15) is 19.5 Å². The molecule has 3 N–H and O–H groups in total. The van der Waals surface area contributed by atoms with E-state index in [0.717, 1.165) is 0 Å². The van der Waals surface area contributed by atoms with Crippen molar-refractivity contribution in [1.29, 1.82) is 0 Å². The highest BCUT2D eigenvalue weighted by molar-refractivity contribution is 5.89. The molecule has 0 aromatic carbocycles. The normalized spacial score (nSPS) is 22.4. The summed E-state index contributed by atoms with van der Waals surface area (Å²) >= 11 is 0. The molecule has 1 aliphatic heterocycles. The van der Waals surface area contributed by atoms with E-state index in [2.05, 4.69) is 15.4 Å². The first kappa shape index (κ1) is 17.4. The van der Waals surface area contributed by atoms with Crippen LogP contribution in [0, 0.1) is 0 Å². The molecule has 120 valence electrons. The molecule has 0 aromatic rings. The molecule has 1 rings (SSSR count). The Hall–Kier alpha value is -1.67. The quantitative estimate of drug-likeness (QED) is 0.469. The number of amides is 1. The second kappa shape index (κ2) is 7.94. The van der Waals surface area contributed by atoms with E-state index in [4.69, 9.17) is 4.74 Å². The fourth-order valence-corrected chi connectivity index (χ4v) is 1.94. The van der Waals surface area contributed by atoms with Crippen LogP contribution in [0.3, 0.4) is 0 Å². The maximum atomic E-state index is 11.6. The van der Waals surface area contributed by atoms with Crippen molar-refractivity contribution in [3.63, 3.8) is 0 Å². The van der Waals surface area contributed by atoms with Crippen LogP contribution in [-0.2, 0) is 19.1 Å². The van der Waals surface area contributed by atoms with E-state index in [1.165, 1.54) is 0 Å². The van der Waals surface area contributed by atoms with Crippen molar-refractivity contribution in [2.24, 2.45) is 0 Å². The largest absolute Gasteiger partial charge is 0.466 e. The second-order valence-corrected chi connectivity index (χ2v) is 4.96. The van der Waals surface area contributed by atoms with E-state index >= 15 is 0 Å². The molecule has 21 heavy (non-hydrogen) atoms. The average molecular weight is 302 g/mol. The summed E-state index contributed by atoms with van der Waals surface area (Å²) in [5, 5.41) is 14.9. The molecule has 1 fully saturated rings. The highest BCUT2D eigenvalue weighted by Crippen LogP contribution is 2.17. The highest BCUT2D eigenvalue weighted by atomic mass is 16.6. The first-order valence-electron chi connectivity index (χ1n) is 7.03. The number of nitrogens with one attached hydrogen (secondary N) is 2. The van der Waals surface area contributed by atoms with E-state index in [-0.39, 0.29) is 24.9 Å². The van der Waals surface area contributed by atoms with E-state index < -0.39 is 17.8 Å². The minimum absolute atomic E-state index is 0.161. The molecule has 0 saturated carbocycles. The zero-order valence-corrected chi connectivity index (χ0v) is 12.3. The van der Waals surface area contributed by atoms with Crippen LogP contribution >= 0.6 is 0 Å². The van der Waals surface area contributed by atoms with Gasteiger partial charge in [0.2, 0.25) is 5.72 Å². The molecule has 0 aliphatic carbocycles. The summed E-state index contributed by atoms with van der Waals surface area (Å²) < 4.78 is 9.31. The number of carbonyl (C=O) groups excluding carboxylic acids is 3. The number of rotatable bonds is 6. The molecule has 1 heterocycles. The Labute approximate surface area is 123 Å². The fourth-order valence-electron chi connectivity index (χ4n) is 1.94. The third kappa shape index (κ3) is 5.68. The first-order valence-corrected chi connectivity index (χ1v) is 7.03. The van der Waals surface area contributed by atoms with E-state index in [1.54, 1.807) is 13.8 Å². The molecule has 0 bridgehead atoms. The molecule has 0 spiro atoms. The minimum Gasteiger partial charge on any atom is -0.466 e. The third-order valence-electron chi connectivity index (χ3n) is 3.11. The third-order valence-corrected chi connectivity index (χ3v) is 3.11. The summed E-state index contributed by atoms with van der Waals surface area (Å²) in [6.07, 6.45) is 0.415. The molecule has 1 unspecified atom stereocenters. The fraction of sp³-hybridized carbons (Fsp3) is 0.769. The summed E-state index contributed by atoms with van der Waals surface area (Å²) in [7, 11) is 0. The van der Waals surface area contributed by atoms with Crippen LogP contribution in [-0.4, -0.2) is 48.1 Å². The SMILES string of the molecule is CCOC(=O)CCC(C)NC(=O)OC(=O)[C@]1(O)CCCN1. The summed E-state index contributed by atoms with van der Waals surface area (Å²) in [6.45, 7) is 4.18. The molecule has 0 radical (unpaired) electrons. The molecule has 0 aromatic heterocycles. The molecule has 2 atom stereocenters. The lowest BCUT2D eigenvalue weighted by Crippen LogP contribution is -2.50. The van der Waals surface area contributed by atoms with Crippen LogP contribution in [0.5, 0.6) is 0 Å². The Kier molecular flexibility index (Phi) is 6.57. The maximum Gasteiger partial charge on any atom is 0.415 e. The van der Waals surface area contributed by atoms with Crippen LogP contribution in [0.25, 0.3) is 0 Å². The predicted octanol–water partition coefficient (Wildman–Crippen LogP) is 0.0430. The Bertz CT molecular complexity index is 392. The van der Waals surface area contributed by atoms with Gasteiger partial charge >= 0.3 is 18.0 Å². The zero-order chi connectivity index (χ0) is 15.9. The van der Waals surface area contributed by atoms with Crippen molar-refractivity contribution in [2.75, 3.05) is 13.2 Å². The van der Waals surface area contributed by atoms with Gasteiger partial charge in [-0.1, -0.05) is 0 Å². The van der Waals surface area contributed by atoms with E-state index in [1.807, 2.05) is 0 Å². The predicted molar refractivity (Wildman–Crippen MR) is 72.1 cm³/mol. The lowest BCUT2D eigenvalue weighted by atomic mass is 10.2. The van der Waals surface area contributed by atoms with Crippen molar-refractivity contribution in [1.82, 2.24) is 10.6 Å². The maximum absolute atomic E-state index is 11.6. The van der Waals surface area contributed by atoms with E-state index in [0.29, 0.717) is 26.0 Å². The van der Waals surface area contributed by atoms with Gasteiger partial charge in [0.05, 0.1) is 6.61 Å². The molecule has 8 nitrogen and oxygen atoms in total. The summed E-state index contributed by atoms with van der Waals surface area (Å²) in [6, 6.07) is -0.360. The van der Waals surface area contributed by atoms with Crippen LogP contribution in [0.15, 0.2) is 0 Å². The molecule has 1 amide bonds. The smallest absolute Gasteiger partial charge is 0.415 e. The van der Waals surface area contributed by atoms with Gasteiger partial charge in [0, 0.05) is 18.9 Å². The molecular formula is C13H22N2O6. The lowest BCUT2D eigenvalue weighted by molar-refractivity contribution is -0.160. The summed E-state index contributed by atoms with van der Waals surface area (Å²) in [5.74, 6) is -1.37. The number of hydrogen-bond donors (Lipinski definition) is 3. The monoisotopic (exact) mass is 302 g/mol. The van der Waals surface area contributed by atoms with Crippen molar-refractivity contribution >= 4 is 18.0 Å². The number of aliphatic hydroxyl groups is 1. The molecule has 8 heteroatoms. The number of carbonyl (C=O) groups is 3. The topological polar surface area (TPSA) is 114 Å². The van der Waals surface area contributed by atoms with Crippen LogP contribution in [0.2, 0.25) is 0 Å². The van der Waals surface area contributed by atoms with Crippen LogP contribution < -0.4 is 10.6 Å². The van der Waals surface area contributed by atoms with Gasteiger partial charge in [-0.2, -0.15) is 0 Å². The van der Waals surface area contributed by atoms with Crippen molar-refractivity contribution in [3.8, 4) is 0 Å². The van der Waals surface area contributed by atoms with Crippen LogP contribution in [0.1, 0.15) is 39.5 Å². The van der Waals surface area contributed by atoms with Gasteiger partial charge in [0.1, 0.15) is 0 Å². The molecule has 1 saturated heterocycles. The van der Waals surface area contributed by atoms with Gasteiger partial charge < -0.3 is 19.9 Å². The highest BCUT2D eigenvalue weighted by Gasteiger charge is 2.41. The van der Waals surface area contributed by atoms with Gasteiger partial charge in [-0.3, -0.25) is 10.1 Å². The van der Waals surface area contributed by atoms with Crippen molar-refractivity contribution in [3.05, 3.63) is 0 Å². The summed E-state index contributed by atoms with van der Waals surface area (Å²) in [4.78, 5) is 34.3. The van der Waals surface area contributed by atoms with Crippen LogP contribution in [0.4, 0.5) is 4.79 Å². The van der Waals surface area contributed by atoms with Gasteiger partial charge in [0.15, 0.2) is 0 Å².